The van der Waals surface area contributed by atoms with E-state index < -0.39 is 0 Å². The van der Waals surface area contributed by atoms with Crippen molar-refractivity contribution in [3.63, 3.8) is 0 Å². The summed E-state index contributed by atoms with van der Waals surface area (Å²) in [5, 5.41) is 5.83. The summed E-state index contributed by atoms with van der Waals surface area (Å²) < 4.78 is 0. The van der Waals surface area contributed by atoms with Gasteiger partial charge in [0.2, 0.25) is 0 Å². The average molecular weight is 273 g/mol. The fourth-order valence-electron chi connectivity index (χ4n) is 2.34. The van der Waals surface area contributed by atoms with E-state index in [9.17, 15) is 0 Å². The molecule has 1 nitrogen and oxygen atoms in total. The molecule has 0 fully saturated rings. The molecule has 2 aromatic rings. The Morgan fingerprint density at radius 2 is 1.89 bits per heavy atom. The standard InChI is InChI=1S/C17H23NS/c1-13-8-5-6-9-15(13)14(2)18-12-17(3,4)16-10-7-11-19-16/h5-11,14,18H,12H2,1-4H3. The minimum absolute atomic E-state index is 0.186. The van der Waals surface area contributed by atoms with Crippen molar-refractivity contribution in [3.8, 4) is 0 Å². The molecule has 0 saturated heterocycles. The summed E-state index contributed by atoms with van der Waals surface area (Å²) in [6.07, 6.45) is 0. The van der Waals surface area contributed by atoms with Crippen LogP contribution in [0.5, 0.6) is 0 Å². The van der Waals surface area contributed by atoms with Gasteiger partial charge in [0.15, 0.2) is 0 Å². The van der Waals surface area contributed by atoms with Crippen LogP contribution >= 0.6 is 11.3 Å². The summed E-state index contributed by atoms with van der Waals surface area (Å²) in [5.41, 5.74) is 2.94. The molecule has 19 heavy (non-hydrogen) atoms. The monoisotopic (exact) mass is 273 g/mol. The van der Waals surface area contributed by atoms with Gasteiger partial charge in [-0.25, -0.2) is 0 Å². The molecule has 0 aliphatic heterocycles. The molecule has 0 radical (unpaired) electrons. The Bertz CT molecular complexity index is 514. The maximum Gasteiger partial charge on any atom is 0.0294 e. The van der Waals surface area contributed by atoms with Gasteiger partial charge < -0.3 is 5.32 Å². The quantitative estimate of drug-likeness (QED) is 0.833. The minimum Gasteiger partial charge on any atom is -0.309 e. The Morgan fingerprint density at radius 3 is 2.53 bits per heavy atom. The molecular formula is C17H23NS. The first-order valence-corrected chi connectivity index (χ1v) is 7.71. The number of hydrogen-bond acceptors (Lipinski definition) is 2. The molecule has 0 aliphatic carbocycles. The second kappa shape index (κ2) is 5.89. The van der Waals surface area contributed by atoms with Gasteiger partial charge in [-0.05, 0) is 36.4 Å². The molecule has 1 aromatic carbocycles. The number of aryl methyl sites for hydroxylation is 1. The molecule has 2 rings (SSSR count). The lowest BCUT2D eigenvalue weighted by molar-refractivity contribution is 0.441. The summed E-state index contributed by atoms with van der Waals surface area (Å²) in [5.74, 6) is 0. The summed E-state index contributed by atoms with van der Waals surface area (Å²) in [6, 6.07) is 13.4. The Morgan fingerprint density at radius 1 is 1.16 bits per heavy atom. The highest BCUT2D eigenvalue weighted by Crippen LogP contribution is 2.27. The average Bonchev–Trinajstić information content (AvgIpc) is 2.91. The number of rotatable bonds is 5. The first kappa shape index (κ1) is 14.3. The van der Waals surface area contributed by atoms with Crippen molar-refractivity contribution in [2.45, 2.75) is 39.2 Å². The molecule has 2 heteroatoms. The van der Waals surface area contributed by atoms with Crippen LogP contribution in [0.1, 0.15) is 42.8 Å². The maximum atomic E-state index is 3.67. The topological polar surface area (TPSA) is 12.0 Å². The predicted octanol–water partition coefficient (Wildman–Crippen LogP) is 4.68. The Balaban J connectivity index is 2.01. The van der Waals surface area contributed by atoms with Gasteiger partial charge in [-0.2, -0.15) is 0 Å². The summed E-state index contributed by atoms with van der Waals surface area (Å²) >= 11 is 1.84. The highest BCUT2D eigenvalue weighted by molar-refractivity contribution is 7.10. The maximum absolute atomic E-state index is 3.67. The molecule has 1 heterocycles. The van der Waals surface area contributed by atoms with Crippen molar-refractivity contribution in [2.75, 3.05) is 6.54 Å². The molecule has 1 atom stereocenters. The van der Waals surface area contributed by atoms with E-state index in [1.54, 1.807) is 0 Å². The Kier molecular flexibility index (Phi) is 4.43. The van der Waals surface area contributed by atoms with Crippen LogP contribution in [0.25, 0.3) is 0 Å². The van der Waals surface area contributed by atoms with Crippen LogP contribution in [0, 0.1) is 6.92 Å². The van der Waals surface area contributed by atoms with Gasteiger partial charge in [-0.1, -0.05) is 44.2 Å². The molecule has 0 aliphatic rings. The highest BCUT2D eigenvalue weighted by Gasteiger charge is 2.22. The van der Waals surface area contributed by atoms with Crippen LogP contribution in [0.15, 0.2) is 41.8 Å². The zero-order valence-corrected chi connectivity index (χ0v) is 13.1. The largest absolute Gasteiger partial charge is 0.309 e. The second-order valence-corrected chi connectivity index (χ2v) is 6.77. The van der Waals surface area contributed by atoms with Crippen LogP contribution in [0.2, 0.25) is 0 Å². The van der Waals surface area contributed by atoms with Crippen LogP contribution < -0.4 is 5.32 Å². The van der Waals surface area contributed by atoms with E-state index in [1.165, 1.54) is 16.0 Å². The normalized spacial score (nSPS) is 13.5. The fourth-order valence-corrected chi connectivity index (χ4v) is 3.19. The van der Waals surface area contributed by atoms with Gasteiger partial charge in [-0.15, -0.1) is 11.3 Å². The molecule has 1 unspecified atom stereocenters. The number of hydrogen-bond donors (Lipinski definition) is 1. The molecule has 0 saturated carbocycles. The zero-order chi connectivity index (χ0) is 13.9. The molecule has 1 N–H and O–H groups in total. The number of benzene rings is 1. The van der Waals surface area contributed by atoms with E-state index in [4.69, 9.17) is 0 Å². The molecular weight excluding hydrogens is 250 g/mol. The third-order valence-corrected chi connectivity index (χ3v) is 4.93. The Hall–Kier alpha value is -1.12. The minimum atomic E-state index is 0.186. The van der Waals surface area contributed by atoms with Gasteiger partial charge >= 0.3 is 0 Å². The predicted molar refractivity (Wildman–Crippen MR) is 84.9 cm³/mol. The number of thiophene rings is 1. The molecule has 0 bridgehead atoms. The van der Waals surface area contributed by atoms with E-state index in [0.29, 0.717) is 6.04 Å². The lowest BCUT2D eigenvalue weighted by Gasteiger charge is -2.27. The van der Waals surface area contributed by atoms with Crippen molar-refractivity contribution < 1.29 is 0 Å². The van der Waals surface area contributed by atoms with Crippen molar-refractivity contribution in [3.05, 3.63) is 57.8 Å². The fraction of sp³-hybridized carbons (Fsp3) is 0.412. The highest BCUT2D eigenvalue weighted by atomic mass is 32.1. The Labute approximate surface area is 120 Å². The zero-order valence-electron chi connectivity index (χ0n) is 12.2. The van der Waals surface area contributed by atoms with Gasteiger partial charge in [0, 0.05) is 22.9 Å². The third kappa shape index (κ3) is 3.46. The van der Waals surface area contributed by atoms with Crippen LogP contribution in [-0.4, -0.2) is 6.54 Å². The third-order valence-electron chi connectivity index (χ3n) is 3.69. The SMILES string of the molecule is Cc1ccccc1C(C)NCC(C)(C)c1cccs1. The second-order valence-electron chi connectivity index (χ2n) is 5.82. The van der Waals surface area contributed by atoms with Crippen molar-refractivity contribution >= 4 is 11.3 Å². The molecule has 0 spiro atoms. The van der Waals surface area contributed by atoms with E-state index in [0.717, 1.165) is 6.54 Å². The summed E-state index contributed by atoms with van der Waals surface area (Å²) in [7, 11) is 0. The van der Waals surface area contributed by atoms with Gasteiger partial charge in [-0.3, -0.25) is 0 Å². The van der Waals surface area contributed by atoms with E-state index in [2.05, 4.69) is 74.8 Å². The molecule has 0 amide bonds. The lowest BCUT2D eigenvalue weighted by atomic mass is 9.90. The summed E-state index contributed by atoms with van der Waals surface area (Å²) in [4.78, 5) is 1.44. The first-order chi connectivity index (χ1) is 9.00. The molecule has 102 valence electrons. The van der Waals surface area contributed by atoms with Crippen molar-refractivity contribution in [1.82, 2.24) is 5.32 Å². The van der Waals surface area contributed by atoms with Crippen LogP contribution in [-0.2, 0) is 5.41 Å². The lowest BCUT2D eigenvalue weighted by Crippen LogP contribution is -2.34. The van der Waals surface area contributed by atoms with Gasteiger partial charge in [0.05, 0.1) is 0 Å². The molecule has 1 aromatic heterocycles. The van der Waals surface area contributed by atoms with Gasteiger partial charge in [0.1, 0.15) is 0 Å². The van der Waals surface area contributed by atoms with Crippen molar-refractivity contribution in [1.29, 1.82) is 0 Å². The van der Waals surface area contributed by atoms with Crippen LogP contribution in [0.4, 0.5) is 0 Å². The number of nitrogens with one attached hydrogen (secondary N) is 1. The smallest absolute Gasteiger partial charge is 0.0294 e. The van der Waals surface area contributed by atoms with E-state index >= 15 is 0 Å². The van der Waals surface area contributed by atoms with E-state index in [-0.39, 0.29) is 5.41 Å². The first-order valence-electron chi connectivity index (χ1n) is 6.83. The van der Waals surface area contributed by atoms with Gasteiger partial charge in [0.25, 0.3) is 0 Å². The van der Waals surface area contributed by atoms with Crippen molar-refractivity contribution in [2.24, 2.45) is 0 Å². The van der Waals surface area contributed by atoms with E-state index in [1.807, 2.05) is 11.3 Å². The summed E-state index contributed by atoms with van der Waals surface area (Å²) in [6.45, 7) is 10.0. The van der Waals surface area contributed by atoms with Crippen LogP contribution in [0.3, 0.4) is 0 Å².